The summed E-state index contributed by atoms with van der Waals surface area (Å²) in [6, 6.07) is 1.88. The average molecular weight is 156 g/mol. The molecule has 2 N–H and O–H groups in total. The fourth-order valence-electron chi connectivity index (χ4n) is 0.834. The minimum Gasteiger partial charge on any atom is -0.372 e. The van der Waals surface area contributed by atoms with Crippen molar-refractivity contribution in [2.75, 3.05) is 0 Å². The Balaban J connectivity index is 4.36. The molecule has 0 aliphatic heterocycles. The van der Waals surface area contributed by atoms with Crippen LogP contribution in [0.25, 0.3) is 0 Å². The van der Waals surface area contributed by atoms with Gasteiger partial charge in [-0.3, -0.25) is 0 Å². The fourth-order valence-corrected chi connectivity index (χ4v) is 0.834. The first-order valence-corrected chi connectivity index (χ1v) is 3.43. The summed E-state index contributed by atoms with van der Waals surface area (Å²) in [6.45, 7) is 3.41. The van der Waals surface area contributed by atoms with Crippen molar-refractivity contribution >= 4 is 5.97 Å². The molecule has 0 saturated heterocycles. The van der Waals surface area contributed by atoms with E-state index < -0.39 is 11.4 Å². The molecular weight excluding hydrogens is 144 g/mol. The van der Waals surface area contributed by atoms with E-state index in [9.17, 15) is 4.79 Å². The van der Waals surface area contributed by atoms with E-state index >= 15 is 0 Å². The Kier molecular flexibility index (Phi) is 3.55. The second-order valence-corrected chi connectivity index (χ2v) is 2.60. The van der Waals surface area contributed by atoms with Gasteiger partial charge in [-0.05, 0) is 13.3 Å². The lowest BCUT2D eigenvalue weighted by atomic mass is 9.88. The van der Waals surface area contributed by atoms with Crippen LogP contribution in [0.2, 0.25) is 0 Å². The first-order valence-electron chi connectivity index (χ1n) is 3.43. The number of hydrogen-bond donors (Lipinski definition) is 1. The molecule has 4 nitrogen and oxygen atoms in total. The Morgan fingerprint density at radius 1 is 1.82 bits per heavy atom. The highest BCUT2D eigenvalue weighted by Gasteiger charge is 2.33. The lowest BCUT2D eigenvalue weighted by Crippen LogP contribution is -2.30. The van der Waals surface area contributed by atoms with Crippen LogP contribution in [0.3, 0.4) is 0 Å². The Hall–Kier alpha value is -1.08. The Morgan fingerprint density at radius 2 is 2.36 bits per heavy atom. The second-order valence-electron chi connectivity index (χ2n) is 2.60. The van der Waals surface area contributed by atoms with Crippen molar-refractivity contribution in [3.05, 3.63) is 0 Å². The van der Waals surface area contributed by atoms with Gasteiger partial charge in [-0.25, -0.2) is 4.79 Å². The summed E-state index contributed by atoms with van der Waals surface area (Å²) in [5.74, 6) is 4.00. The smallest absolute Gasteiger partial charge is 0.344 e. The zero-order valence-corrected chi connectivity index (χ0v) is 6.76. The molecule has 4 heteroatoms. The molecule has 62 valence electrons. The maximum atomic E-state index is 10.9. The Bertz CT molecular complexity index is 185. The quantitative estimate of drug-likeness (QED) is 0.611. The molecule has 0 spiro atoms. The maximum Gasteiger partial charge on any atom is 0.344 e. The minimum atomic E-state index is -1.08. The fraction of sp³-hybridized carbons (Fsp3) is 0.714. The summed E-state index contributed by atoms with van der Waals surface area (Å²) >= 11 is 0. The number of nitrogens with two attached hydrogens (primary N) is 1. The van der Waals surface area contributed by atoms with Gasteiger partial charge in [0.05, 0.1) is 6.07 Å². The molecule has 0 heterocycles. The molecule has 0 aliphatic carbocycles. The lowest BCUT2D eigenvalue weighted by molar-refractivity contribution is -0.152. The Labute approximate surface area is 65.9 Å². The van der Waals surface area contributed by atoms with E-state index in [2.05, 4.69) is 10.7 Å². The van der Waals surface area contributed by atoms with Crippen LogP contribution in [0.1, 0.15) is 26.7 Å². The van der Waals surface area contributed by atoms with Crippen LogP contribution in [0.4, 0.5) is 0 Å². The number of nitriles is 1. The van der Waals surface area contributed by atoms with Crippen LogP contribution >= 0.6 is 0 Å². The molecular formula is C7H12N2O2. The summed E-state index contributed by atoms with van der Waals surface area (Å²) in [4.78, 5) is 14.9. The van der Waals surface area contributed by atoms with Crippen molar-refractivity contribution < 1.29 is 9.63 Å². The number of hydrogen-bond acceptors (Lipinski definition) is 4. The molecule has 0 amide bonds. The average Bonchev–Trinajstić information content (AvgIpc) is 2.03. The van der Waals surface area contributed by atoms with E-state index in [-0.39, 0.29) is 0 Å². The van der Waals surface area contributed by atoms with Crippen molar-refractivity contribution in [1.29, 1.82) is 5.26 Å². The largest absolute Gasteiger partial charge is 0.372 e. The lowest BCUT2D eigenvalue weighted by Gasteiger charge is -2.15. The highest BCUT2D eigenvalue weighted by Crippen LogP contribution is 2.22. The minimum absolute atomic E-state index is 0.472. The molecule has 0 aromatic carbocycles. The third-order valence-electron chi connectivity index (χ3n) is 1.55. The van der Waals surface area contributed by atoms with Gasteiger partial charge in [0.25, 0.3) is 0 Å². The summed E-state index contributed by atoms with van der Waals surface area (Å²) in [5, 5.41) is 8.61. The summed E-state index contributed by atoms with van der Waals surface area (Å²) in [7, 11) is 0. The van der Waals surface area contributed by atoms with Gasteiger partial charge in [0.1, 0.15) is 0 Å². The molecule has 0 aromatic heterocycles. The zero-order chi connectivity index (χ0) is 8.91. The normalized spacial score (nSPS) is 14.7. The van der Waals surface area contributed by atoms with Crippen LogP contribution < -0.4 is 5.90 Å². The maximum absolute atomic E-state index is 10.9. The van der Waals surface area contributed by atoms with Gasteiger partial charge in [-0.2, -0.15) is 11.2 Å². The first-order chi connectivity index (χ1) is 5.10. The SMILES string of the molecule is CCCC(C)(C#N)C(=O)ON. The Morgan fingerprint density at radius 3 is 2.64 bits per heavy atom. The highest BCUT2D eigenvalue weighted by atomic mass is 16.7. The molecule has 1 unspecified atom stereocenters. The molecule has 0 fully saturated rings. The van der Waals surface area contributed by atoms with E-state index in [1.54, 1.807) is 0 Å². The monoisotopic (exact) mass is 156 g/mol. The van der Waals surface area contributed by atoms with Gasteiger partial charge in [-0.1, -0.05) is 13.3 Å². The number of rotatable bonds is 3. The third-order valence-corrected chi connectivity index (χ3v) is 1.55. The van der Waals surface area contributed by atoms with Crippen LogP contribution in [0.5, 0.6) is 0 Å². The van der Waals surface area contributed by atoms with Crippen molar-refractivity contribution in [2.24, 2.45) is 11.3 Å². The van der Waals surface area contributed by atoms with Gasteiger partial charge < -0.3 is 4.84 Å². The van der Waals surface area contributed by atoms with E-state index in [4.69, 9.17) is 5.26 Å². The molecule has 11 heavy (non-hydrogen) atoms. The van der Waals surface area contributed by atoms with Crippen LogP contribution in [-0.4, -0.2) is 5.97 Å². The van der Waals surface area contributed by atoms with Crippen molar-refractivity contribution in [3.8, 4) is 6.07 Å². The summed E-state index contributed by atoms with van der Waals surface area (Å²) < 4.78 is 0. The van der Waals surface area contributed by atoms with Crippen LogP contribution in [-0.2, 0) is 9.63 Å². The predicted octanol–water partition coefficient (Wildman–Crippen LogP) is 0.733. The van der Waals surface area contributed by atoms with Crippen molar-refractivity contribution in [2.45, 2.75) is 26.7 Å². The third kappa shape index (κ3) is 2.20. The van der Waals surface area contributed by atoms with Crippen LogP contribution in [0.15, 0.2) is 0 Å². The molecule has 0 bridgehead atoms. The summed E-state index contributed by atoms with van der Waals surface area (Å²) in [6.07, 6.45) is 1.22. The zero-order valence-electron chi connectivity index (χ0n) is 6.76. The number of carbonyl (C=O) groups excluding carboxylic acids is 1. The van der Waals surface area contributed by atoms with Gasteiger partial charge in [0.15, 0.2) is 5.41 Å². The van der Waals surface area contributed by atoms with Gasteiger partial charge in [0, 0.05) is 0 Å². The predicted molar refractivity (Wildman–Crippen MR) is 38.9 cm³/mol. The van der Waals surface area contributed by atoms with Gasteiger partial charge in [0.2, 0.25) is 0 Å². The van der Waals surface area contributed by atoms with E-state index in [1.165, 1.54) is 6.92 Å². The first kappa shape index (κ1) is 9.92. The molecule has 0 radical (unpaired) electrons. The molecule has 0 aromatic rings. The van der Waals surface area contributed by atoms with Crippen molar-refractivity contribution in [1.82, 2.24) is 0 Å². The molecule has 0 rings (SSSR count). The number of nitrogens with zero attached hydrogens (tertiary/aromatic N) is 1. The van der Waals surface area contributed by atoms with E-state index in [0.717, 1.165) is 6.42 Å². The van der Waals surface area contributed by atoms with E-state index in [0.29, 0.717) is 6.42 Å². The van der Waals surface area contributed by atoms with Crippen LogP contribution in [0, 0.1) is 16.7 Å². The highest BCUT2D eigenvalue weighted by molar-refractivity contribution is 5.79. The molecule has 0 saturated carbocycles. The van der Waals surface area contributed by atoms with E-state index in [1.807, 2.05) is 13.0 Å². The summed E-state index contributed by atoms with van der Waals surface area (Å²) in [5.41, 5.74) is -1.08. The van der Waals surface area contributed by atoms with Crippen molar-refractivity contribution in [3.63, 3.8) is 0 Å². The molecule has 0 aliphatic rings. The topological polar surface area (TPSA) is 76.1 Å². The molecule has 1 atom stereocenters. The second kappa shape index (κ2) is 3.94. The van der Waals surface area contributed by atoms with Gasteiger partial charge in [-0.15, -0.1) is 0 Å². The standard InChI is InChI=1S/C7H12N2O2/c1-3-4-7(2,5-8)6(10)11-9/h3-4,9H2,1-2H3. The number of carbonyl (C=O) groups is 1. The van der Waals surface area contributed by atoms with Gasteiger partial charge >= 0.3 is 5.97 Å².